The lowest BCUT2D eigenvalue weighted by Gasteiger charge is -2.37. The van der Waals surface area contributed by atoms with Crippen LogP contribution in [0.4, 0.5) is 0 Å². The molecule has 0 radical (unpaired) electrons. The standard InChI is InChI=1S/C16H31NOS/c1-19-16(11-7-4-8-12-16)14-17-13-15(18)9-5-2-3-6-10-15/h17-18H,2-14H2,1H3. The highest BCUT2D eigenvalue weighted by atomic mass is 32.2. The van der Waals surface area contributed by atoms with E-state index in [-0.39, 0.29) is 0 Å². The van der Waals surface area contributed by atoms with Crippen LogP contribution >= 0.6 is 11.8 Å². The minimum Gasteiger partial charge on any atom is -0.389 e. The van der Waals surface area contributed by atoms with Gasteiger partial charge in [-0.1, -0.05) is 44.9 Å². The van der Waals surface area contributed by atoms with Gasteiger partial charge in [0, 0.05) is 17.8 Å². The molecule has 0 saturated heterocycles. The maximum Gasteiger partial charge on any atom is 0.0771 e. The van der Waals surface area contributed by atoms with Crippen LogP contribution in [0.15, 0.2) is 0 Å². The second-order valence-corrected chi connectivity index (χ2v) is 7.96. The van der Waals surface area contributed by atoms with Crippen molar-refractivity contribution in [1.29, 1.82) is 0 Å². The summed E-state index contributed by atoms with van der Waals surface area (Å²) in [7, 11) is 0. The zero-order chi connectivity index (χ0) is 13.6. The van der Waals surface area contributed by atoms with E-state index >= 15 is 0 Å². The molecular weight excluding hydrogens is 254 g/mol. The number of rotatable bonds is 5. The minimum absolute atomic E-state index is 0.426. The topological polar surface area (TPSA) is 32.3 Å². The largest absolute Gasteiger partial charge is 0.389 e. The Balaban J connectivity index is 1.77. The van der Waals surface area contributed by atoms with E-state index in [1.54, 1.807) is 0 Å². The molecule has 3 heteroatoms. The minimum atomic E-state index is -0.426. The third-order valence-corrected chi connectivity index (χ3v) is 6.55. The molecule has 0 bridgehead atoms. The van der Waals surface area contributed by atoms with E-state index in [1.165, 1.54) is 57.8 Å². The van der Waals surface area contributed by atoms with Gasteiger partial charge in [-0.15, -0.1) is 0 Å². The van der Waals surface area contributed by atoms with Crippen molar-refractivity contribution < 1.29 is 5.11 Å². The molecule has 0 aliphatic heterocycles. The van der Waals surface area contributed by atoms with Gasteiger partial charge in [0.25, 0.3) is 0 Å². The van der Waals surface area contributed by atoms with Gasteiger partial charge in [-0.2, -0.15) is 11.8 Å². The highest BCUT2D eigenvalue weighted by molar-refractivity contribution is 8.00. The van der Waals surface area contributed by atoms with Gasteiger partial charge in [0.05, 0.1) is 5.60 Å². The Morgan fingerprint density at radius 2 is 1.37 bits per heavy atom. The van der Waals surface area contributed by atoms with E-state index < -0.39 is 5.60 Å². The summed E-state index contributed by atoms with van der Waals surface area (Å²) >= 11 is 2.04. The molecule has 0 aromatic carbocycles. The van der Waals surface area contributed by atoms with E-state index in [9.17, 15) is 5.11 Å². The van der Waals surface area contributed by atoms with E-state index in [1.807, 2.05) is 11.8 Å². The molecule has 2 aliphatic carbocycles. The van der Waals surface area contributed by atoms with Crippen molar-refractivity contribution in [1.82, 2.24) is 5.32 Å². The van der Waals surface area contributed by atoms with Crippen LogP contribution in [0.25, 0.3) is 0 Å². The fraction of sp³-hybridized carbons (Fsp3) is 1.00. The van der Waals surface area contributed by atoms with Gasteiger partial charge in [0.2, 0.25) is 0 Å². The molecule has 2 nitrogen and oxygen atoms in total. The summed E-state index contributed by atoms with van der Waals surface area (Å²) in [6, 6.07) is 0. The van der Waals surface area contributed by atoms with Crippen molar-refractivity contribution in [2.24, 2.45) is 0 Å². The smallest absolute Gasteiger partial charge is 0.0771 e. The van der Waals surface area contributed by atoms with Crippen LogP contribution in [0.5, 0.6) is 0 Å². The second kappa shape index (κ2) is 7.33. The fourth-order valence-electron chi connectivity index (χ4n) is 3.74. The lowest BCUT2D eigenvalue weighted by Crippen LogP contribution is -2.46. The fourth-order valence-corrected chi connectivity index (χ4v) is 4.68. The summed E-state index contributed by atoms with van der Waals surface area (Å²) in [6.45, 7) is 1.88. The molecule has 0 heterocycles. The first-order valence-electron chi connectivity index (χ1n) is 8.16. The van der Waals surface area contributed by atoms with Gasteiger partial charge in [-0.05, 0) is 31.9 Å². The maximum atomic E-state index is 10.7. The normalized spacial score (nSPS) is 26.8. The summed E-state index contributed by atoms with van der Waals surface area (Å²) in [5.41, 5.74) is -0.426. The van der Waals surface area contributed by atoms with Crippen LogP contribution in [0.2, 0.25) is 0 Å². The molecule has 0 spiro atoms. The van der Waals surface area contributed by atoms with Gasteiger partial charge >= 0.3 is 0 Å². The molecule has 0 unspecified atom stereocenters. The second-order valence-electron chi connectivity index (χ2n) is 6.69. The van der Waals surface area contributed by atoms with Crippen molar-refractivity contribution >= 4 is 11.8 Å². The lowest BCUT2D eigenvalue weighted by molar-refractivity contribution is 0.0247. The van der Waals surface area contributed by atoms with Gasteiger partial charge in [0.1, 0.15) is 0 Å². The Bertz CT molecular complexity index is 255. The quantitative estimate of drug-likeness (QED) is 0.755. The number of hydrogen-bond acceptors (Lipinski definition) is 3. The summed E-state index contributed by atoms with van der Waals surface area (Å²) in [6.07, 6.45) is 16.1. The Labute approximate surface area is 123 Å². The van der Waals surface area contributed by atoms with Crippen LogP contribution in [0.3, 0.4) is 0 Å². The van der Waals surface area contributed by atoms with Crippen LogP contribution in [-0.4, -0.2) is 34.8 Å². The van der Waals surface area contributed by atoms with Crippen molar-refractivity contribution in [3.05, 3.63) is 0 Å². The molecule has 2 saturated carbocycles. The average Bonchev–Trinajstić information content (AvgIpc) is 2.65. The number of hydrogen-bond donors (Lipinski definition) is 2. The molecule has 0 amide bonds. The molecule has 112 valence electrons. The molecule has 0 atom stereocenters. The van der Waals surface area contributed by atoms with Gasteiger partial charge in [-0.25, -0.2) is 0 Å². The molecule has 19 heavy (non-hydrogen) atoms. The third-order valence-electron chi connectivity index (χ3n) is 5.13. The van der Waals surface area contributed by atoms with Gasteiger partial charge in [0.15, 0.2) is 0 Å². The summed E-state index contributed by atoms with van der Waals surface area (Å²) < 4.78 is 0.444. The van der Waals surface area contributed by atoms with E-state index in [2.05, 4.69) is 11.6 Å². The first kappa shape index (κ1) is 15.7. The highest BCUT2D eigenvalue weighted by Gasteiger charge is 2.33. The Hall–Kier alpha value is 0.270. The highest BCUT2D eigenvalue weighted by Crippen LogP contribution is 2.38. The van der Waals surface area contributed by atoms with Crippen LogP contribution < -0.4 is 5.32 Å². The summed E-state index contributed by atoms with van der Waals surface area (Å²) in [5, 5.41) is 14.3. The third kappa shape index (κ3) is 4.64. The first-order chi connectivity index (χ1) is 9.18. The van der Waals surface area contributed by atoms with Crippen LogP contribution in [0, 0.1) is 0 Å². The summed E-state index contributed by atoms with van der Waals surface area (Å²) in [5.74, 6) is 0. The maximum absolute atomic E-state index is 10.7. The van der Waals surface area contributed by atoms with Crippen LogP contribution in [0.1, 0.15) is 70.6 Å². The number of aliphatic hydroxyl groups is 1. The van der Waals surface area contributed by atoms with Crippen molar-refractivity contribution in [2.75, 3.05) is 19.3 Å². The molecular formula is C16H31NOS. The van der Waals surface area contributed by atoms with Gasteiger partial charge < -0.3 is 10.4 Å². The van der Waals surface area contributed by atoms with E-state index in [4.69, 9.17) is 0 Å². The molecule has 2 fully saturated rings. The Morgan fingerprint density at radius 3 is 1.95 bits per heavy atom. The molecule has 2 N–H and O–H groups in total. The first-order valence-corrected chi connectivity index (χ1v) is 9.39. The summed E-state index contributed by atoms with van der Waals surface area (Å²) in [4.78, 5) is 0. The molecule has 2 rings (SSSR count). The van der Waals surface area contributed by atoms with Crippen LogP contribution in [-0.2, 0) is 0 Å². The van der Waals surface area contributed by atoms with Crippen molar-refractivity contribution in [2.45, 2.75) is 81.0 Å². The molecule has 2 aliphatic rings. The monoisotopic (exact) mass is 285 g/mol. The SMILES string of the molecule is CSC1(CNCC2(O)CCCCCC2)CCCCC1. The molecule has 0 aromatic rings. The predicted octanol–water partition coefficient (Wildman–Crippen LogP) is 3.73. The van der Waals surface area contributed by atoms with E-state index in [0.29, 0.717) is 4.75 Å². The zero-order valence-electron chi connectivity index (χ0n) is 12.5. The lowest BCUT2D eigenvalue weighted by atomic mass is 9.87. The van der Waals surface area contributed by atoms with Crippen molar-refractivity contribution in [3.63, 3.8) is 0 Å². The van der Waals surface area contributed by atoms with Gasteiger partial charge in [-0.3, -0.25) is 0 Å². The predicted molar refractivity (Wildman–Crippen MR) is 84.9 cm³/mol. The Morgan fingerprint density at radius 1 is 0.842 bits per heavy atom. The average molecular weight is 285 g/mol. The zero-order valence-corrected chi connectivity index (χ0v) is 13.4. The Kier molecular flexibility index (Phi) is 6.04. The number of thioether (sulfide) groups is 1. The molecule has 0 aromatic heterocycles. The number of nitrogens with one attached hydrogen (secondary N) is 1. The van der Waals surface area contributed by atoms with Crippen molar-refractivity contribution in [3.8, 4) is 0 Å². The van der Waals surface area contributed by atoms with E-state index in [0.717, 1.165) is 25.9 Å².